The molecular weight excluding hydrogens is 587 g/mol. The third-order valence-corrected chi connectivity index (χ3v) is 9.28. The second kappa shape index (κ2) is 11.1. The van der Waals surface area contributed by atoms with Crippen molar-refractivity contribution < 1.29 is 22.7 Å². The fourth-order valence-corrected chi connectivity index (χ4v) is 7.17. The molecule has 0 saturated carbocycles. The van der Waals surface area contributed by atoms with Gasteiger partial charge in [0, 0.05) is 50.1 Å². The van der Waals surface area contributed by atoms with Crippen LogP contribution in [0.1, 0.15) is 26.2 Å². The van der Waals surface area contributed by atoms with Gasteiger partial charge in [0.05, 0.1) is 16.6 Å². The molecule has 7 rings (SSSR count). The molecule has 0 radical (unpaired) electrons. The summed E-state index contributed by atoms with van der Waals surface area (Å²) in [5, 5.41) is 0.603. The van der Waals surface area contributed by atoms with E-state index < -0.39 is 28.9 Å². The first-order valence-electron chi connectivity index (χ1n) is 15.1. The average molecular weight is 620 g/mol. The van der Waals surface area contributed by atoms with Crippen molar-refractivity contribution in [2.75, 3.05) is 44.2 Å². The van der Waals surface area contributed by atoms with Gasteiger partial charge in [-0.15, -0.1) is 0 Å². The number of ether oxygens (including phenoxy) is 1. The highest BCUT2D eigenvalue weighted by molar-refractivity contribution is 5.96. The topological polar surface area (TPSA) is 108 Å². The molecule has 13 heteroatoms. The molecule has 3 saturated heterocycles. The number of pyridine rings is 2. The predicted molar refractivity (Wildman–Crippen MR) is 163 cm³/mol. The van der Waals surface area contributed by atoms with E-state index in [1.165, 1.54) is 30.3 Å². The minimum atomic E-state index is -0.937. The van der Waals surface area contributed by atoms with E-state index in [2.05, 4.69) is 26.4 Å². The molecule has 0 bridgehead atoms. The van der Waals surface area contributed by atoms with Gasteiger partial charge < -0.3 is 19.5 Å². The number of H-pyrrole nitrogens is 1. The molecule has 6 heterocycles. The number of amides is 1. The smallest absolute Gasteiger partial charge is 0.320 e. The lowest BCUT2D eigenvalue weighted by atomic mass is 9.95. The Hall–Kier alpha value is -4.52. The van der Waals surface area contributed by atoms with Gasteiger partial charge in [-0.05, 0) is 49.9 Å². The highest BCUT2D eigenvalue weighted by Crippen LogP contribution is 2.41. The van der Waals surface area contributed by atoms with Crippen molar-refractivity contribution in [3.05, 3.63) is 65.0 Å². The lowest BCUT2D eigenvalue weighted by molar-refractivity contribution is -0.126. The Morgan fingerprint density at radius 2 is 2.00 bits per heavy atom. The lowest BCUT2D eigenvalue weighted by Gasteiger charge is -2.40. The lowest BCUT2D eigenvalue weighted by Crippen LogP contribution is -2.53. The number of nitrogens with zero attached hydrogens (tertiary/aromatic N) is 6. The van der Waals surface area contributed by atoms with Crippen LogP contribution in [0.2, 0.25) is 0 Å². The van der Waals surface area contributed by atoms with Gasteiger partial charge in [0.25, 0.3) is 0 Å². The summed E-state index contributed by atoms with van der Waals surface area (Å²) in [7, 11) is 0. The van der Waals surface area contributed by atoms with E-state index in [0.717, 1.165) is 19.4 Å². The number of hydrogen-bond acceptors (Lipinski definition) is 8. The Bertz CT molecular complexity index is 1900. The fourth-order valence-electron chi connectivity index (χ4n) is 7.17. The highest BCUT2D eigenvalue weighted by Gasteiger charge is 2.49. The Kier molecular flexibility index (Phi) is 7.22. The second-order valence-electron chi connectivity index (χ2n) is 12.1. The van der Waals surface area contributed by atoms with E-state index in [0.29, 0.717) is 43.8 Å². The van der Waals surface area contributed by atoms with Crippen LogP contribution in [-0.2, 0) is 4.79 Å². The SMILES string of the molecule is C=CC(=O)N1CCN(c2nc(OC[C@@]34CCCN3C[C@H](F)C4)nc3nc(-c4[nH]c(=O)cc5cccc(F)c45)c(F)cc23)[C@@H](C)C1. The van der Waals surface area contributed by atoms with Gasteiger partial charge in [0.1, 0.15) is 30.1 Å². The largest absolute Gasteiger partial charge is 0.461 e. The number of halogens is 3. The second-order valence-corrected chi connectivity index (χ2v) is 12.1. The molecule has 1 amide bonds. The van der Waals surface area contributed by atoms with Crippen molar-refractivity contribution in [1.82, 2.24) is 29.7 Å². The third-order valence-electron chi connectivity index (χ3n) is 9.28. The van der Waals surface area contributed by atoms with E-state index in [-0.39, 0.29) is 52.4 Å². The monoisotopic (exact) mass is 619 g/mol. The molecule has 3 aromatic heterocycles. The molecule has 4 aromatic rings. The number of alkyl halides is 1. The zero-order chi connectivity index (χ0) is 31.5. The van der Waals surface area contributed by atoms with Crippen LogP contribution < -0.4 is 15.2 Å². The summed E-state index contributed by atoms with van der Waals surface area (Å²) in [6.07, 6.45) is 2.42. The number of rotatable bonds is 6. The van der Waals surface area contributed by atoms with Crippen LogP contribution >= 0.6 is 0 Å². The van der Waals surface area contributed by atoms with Crippen molar-refractivity contribution in [3.8, 4) is 17.4 Å². The van der Waals surface area contributed by atoms with Crippen LogP contribution in [-0.4, -0.2) is 92.7 Å². The average Bonchev–Trinajstić information content (AvgIpc) is 3.54. The molecule has 3 aliphatic heterocycles. The van der Waals surface area contributed by atoms with E-state index in [1.54, 1.807) is 11.0 Å². The first-order chi connectivity index (χ1) is 21.7. The normalized spacial score (nSPS) is 23.6. The number of nitrogens with one attached hydrogen (secondary N) is 1. The van der Waals surface area contributed by atoms with Crippen LogP contribution in [0.25, 0.3) is 33.2 Å². The minimum Gasteiger partial charge on any atom is -0.461 e. The molecule has 0 spiro atoms. The van der Waals surface area contributed by atoms with Crippen LogP contribution in [0.15, 0.2) is 47.8 Å². The molecule has 3 atom stereocenters. The summed E-state index contributed by atoms with van der Waals surface area (Å²) in [4.78, 5) is 46.9. The first kappa shape index (κ1) is 29.2. The summed E-state index contributed by atoms with van der Waals surface area (Å²) in [6.45, 7) is 7.99. The van der Waals surface area contributed by atoms with E-state index in [9.17, 15) is 14.0 Å². The summed E-state index contributed by atoms with van der Waals surface area (Å²) >= 11 is 0. The van der Waals surface area contributed by atoms with Gasteiger partial charge >= 0.3 is 6.01 Å². The fraction of sp³-hybridized carbons (Fsp3) is 0.406. The van der Waals surface area contributed by atoms with Crippen LogP contribution in [0, 0.1) is 11.6 Å². The Morgan fingerprint density at radius 1 is 1.16 bits per heavy atom. The zero-order valence-electron chi connectivity index (χ0n) is 24.7. The van der Waals surface area contributed by atoms with Gasteiger partial charge in [-0.25, -0.2) is 18.2 Å². The maximum absolute atomic E-state index is 16.0. The number of fused-ring (bicyclic) bond motifs is 3. The van der Waals surface area contributed by atoms with Crippen molar-refractivity contribution in [2.45, 2.75) is 43.9 Å². The summed E-state index contributed by atoms with van der Waals surface area (Å²) in [5.41, 5.74) is -1.31. The van der Waals surface area contributed by atoms with E-state index in [4.69, 9.17) is 9.72 Å². The molecule has 1 N–H and O–H groups in total. The van der Waals surface area contributed by atoms with E-state index >= 15 is 8.78 Å². The Labute approximate surface area is 256 Å². The number of piperazine rings is 1. The summed E-state index contributed by atoms with van der Waals surface area (Å²) in [6, 6.07) is 6.50. The Balaban J connectivity index is 1.34. The Morgan fingerprint density at radius 3 is 2.80 bits per heavy atom. The summed E-state index contributed by atoms with van der Waals surface area (Å²) < 4.78 is 51.6. The zero-order valence-corrected chi connectivity index (χ0v) is 24.7. The van der Waals surface area contributed by atoms with Gasteiger partial charge in [-0.3, -0.25) is 14.5 Å². The van der Waals surface area contributed by atoms with Crippen LogP contribution in [0.5, 0.6) is 6.01 Å². The first-order valence-corrected chi connectivity index (χ1v) is 15.1. The molecular formula is C32H32F3N7O3. The molecule has 234 valence electrons. The molecule has 0 aliphatic carbocycles. The van der Waals surface area contributed by atoms with Crippen LogP contribution in [0.3, 0.4) is 0 Å². The van der Waals surface area contributed by atoms with Crippen LogP contribution in [0.4, 0.5) is 19.0 Å². The van der Waals surface area contributed by atoms with Gasteiger partial charge in [0.15, 0.2) is 11.5 Å². The predicted octanol–water partition coefficient (Wildman–Crippen LogP) is 3.99. The molecule has 0 unspecified atom stereocenters. The maximum atomic E-state index is 16.0. The number of aromatic nitrogens is 4. The van der Waals surface area contributed by atoms with Gasteiger partial charge in [-0.2, -0.15) is 9.97 Å². The van der Waals surface area contributed by atoms with E-state index in [1.807, 2.05) is 11.8 Å². The van der Waals surface area contributed by atoms with Crippen molar-refractivity contribution in [2.24, 2.45) is 0 Å². The van der Waals surface area contributed by atoms with Gasteiger partial charge in [0.2, 0.25) is 11.5 Å². The molecule has 1 aromatic carbocycles. The van der Waals surface area contributed by atoms with Crippen molar-refractivity contribution in [1.29, 1.82) is 0 Å². The number of carbonyl (C=O) groups is 1. The number of benzene rings is 1. The maximum Gasteiger partial charge on any atom is 0.320 e. The summed E-state index contributed by atoms with van der Waals surface area (Å²) in [5.74, 6) is -1.27. The van der Waals surface area contributed by atoms with Gasteiger partial charge in [-0.1, -0.05) is 18.7 Å². The number of hydrogen-bond donors (Lipinski definition) is 1. The highest BCUT2D eigenvalue weighted by atomic mass is 19.1. The molecule has 3 fully saturated rings. The standard InChI is InChI=1S/C32H32F3N7O3/c1-3-25(44)40-10-11-42(18(2)15-40)30-21-13-23(35)27(28-26-19(12-24(43)36-28)6-4-7-22(26)34)37-29(21)38-31(39-30)45-17-32-8-5-9-41(32)16-20(33)14-32/h3-4,6-7,12-13,18,20H,1,5,8-11,14-17H2,2H3,(H,36,43)/t18-,20+,32-/m0/s1. The quantitative estimate of drug-likeness (QED) is 0.323. The minimum absolute atomic E-state index is 0.0134. The molecule has 10 nitrogen and oxygen atoms in total. The number of carbonyl (C=O) groups excluding carboxylic acids is 1. The number of aromatic amines is 1. The third kappa shape index (κ3) is 5.08. The molecule has 45 heavy (non-hydrogen) atoms. The van der Waals surface area contributed by atoms with Crippen molar-refractivity contribution in [3.63, 3.8) is 0 Å². The van der Waals surface area contributed by atoms with Crippen molar-refractivity contribution >= 4 is 33.5 Å². The number of anilines is 1. The molecule has 3 aliphatic rings.